The summed E-state index contributed by atoms with van der Waals surface area (Å²) in [5.74, 6) is -0.0228. The molecule has 5 nitrogen and oxygen atoms in total. The van der Waals surface area contributed by atoms with Gasteiger partial charge in [0.1, 0.15) is 0 Å². The Morgan fingerprint density at radius 1 is 1.26 bits per heavy atom. The molecule has 0 unspecified atom stereocenters. The van der Waals surface area contributed by atoms with Crippen LogP contribution in [0.4, 0.5) is 0 Å². The van der Waals surface area contributed by atoms with Gasteiger partial charge in [-0.1, -0.05) is 18.2 Å². The fourth-order valence-electron chi connectivity index (χ4n) is 2.66. The summed E-state index contributed by atoms with van der Waals surface area (Å²) in [6.45, 7) is 4.81. The van der Waals surface area contributed by atoms with E-state index in [2.05, 4.69) is 5.10 Å². The normalized spacial score (nSPS) is 11.0. The van der Waals surface area contributed by atoms with E-state index in [1.165, 1.54) is 0 Å². The number of benzene rings is 1. The average Bonchev–Trinajstić information content (AvgIpc) is 2.94. The van der Waals surface area contributed by atoms with Gasteiger partial charge in [0.05, 0.1) is 22.5 Å². The number of aromatic nitrogens is 3. The summed E-state index contributed by atoms with van der Waals surface area (Å²) in [6.07, 6.45) is 1.98. The highest BCUT2D eigenvalue weighted by atomic mass is 16.2. The number of para-hydroxylation sites is 1. The number of rotatable bonds is 3. The van der Waals surface area contributed by atoms with Crippen molar-refractivity contribution >= 4 is 16.8 Å². The summed E-state index contributed by atoms with van der Waals surface area (Å²) in [5.41, 5.74) is 4.15. The summed E-state index contributed by atoms with van der Waals surface area (Å²) in [4.78, 5) is 18.9. The van der Waals surface area contributed by atoms with Crippen molar-refractivity contribution in [3.05, 3.63) is 47.8 Å². The first-order valence-electron chi connectivity index (χ1n) is 7.67. The third-order valence-electron chi connectivity index (χ3n) is 3.90. The van der Waals surface area contributed by atoms with E-state index in [0.717, 1.165) is 34.4 Å². The van der Waals surface area contributed by atoms with Gasteiger partial charge < -0.3 is 4.90 Å². The third kappa shape index (κ3) is 2.70. The molecule has 3 aromatic rings. The molecule has 0 bridgehead atoms. The Bertz CT molecular complexity index is 880. The number of aryl methyl sites for hydroxylation is 2. The van der Waals surface area contributed by atoms with E-state index in [1.54, 1.807) is 19.0 Å². The lowest BCUT2D eigenvalue weighted by Crippen LogP contribution is -2.22. The maximum Gasteiger partial charge on any atom is 0.254 e. The molecular formula is C18H20N4O. The van der Waals surface area contributed by atoms with Crippen LogP contribution in [0.5, 0.6) is 0 Å². The van der Waals surface area contributed by atoms with Gasteiger partial charge in [0, 0.05) is 37.8 Å². The molecule has 0 aliphatic heterocycles. The van der Waals surface area contributed by atoms with Crippen LogP contribution in [0.15, 0.2) is 36.5 Å². The van der Waals surface area contributed by atoms with Gasteiger partial charge in [0.2, 0.25) is 0 Å². The molecule has 0 saturated heterocycles. The van der Waals surface area contributed by atoms with E-state index in [1.807, 2.05) is 55.1 Å². The van der Waals surface area contributed by atoms with Crippen LogP contribution in [0.25, 0.3) is 22.2 Å². The van der Waals surface area contributed by atoms with Gasteiger partial charge >= 0.3 is 0 Å². The molecule has 1 amide bonds. The first-order valence-corrected chi connectivity index (χ1v) is 7.67. The molecule has 23 heavy (non-hydrogen) atoms. The highest BCUT2D eigenvalue weighted by molar-refractivity contribution is 6.07. The Balaban J connectivity index is 2.26. The van der Waals surface area contributed by atoms with Crippen LogP contribution in [0.1, 0.15) is 23.0 Å². The number of amides is 1. The van der Waals surface area contributed by atoms with E-state index in [4.69, 9.17) is 4.98 Å². The van der Waals surface area contributed by atoms with Crippen molar-refractivity contribution in [1.82, 2.24) is 19.7 Å². The van der Waals surface area contributed by atoms with E-state index in [-0.39, 0.29) is 5.91 Å². The largest absolute Gasteiger partial charge is 0.345 e. The predicted octanol–water partition coefficient (Wildman–Crippen LogP) is 3.13. The van der Waals surface area contributed by atoms with Crippen LogP contribution in [0.3, 0.4) is 0 Å². The van der Waals surface area contributed by atoms with E-state index >= 15 is 0 Å². The van der Waals surface area contributed by atoms with Gasteiger partial charge in [-0.2, -0.15) is 5.10 Å². The predicted molar refractivity (Wildman–Crippen MR) is 91.4 cm³/mol. The van der Waals surface area contributed by atoms with Gasteiger partial charge in [-0.25, -0.2) is 4.98 Å². The Labute approximate surface area is 135 Å². The molecule has 0 N–H and O–H groups in total. The molecule has 0 aliphatic rings. The van der Waals surface area contributed by atoms with Crippen molar-refractivity contribution < 1.29 is 4.79 Å². The monoisotopic (exact) mass is 308 g/mol. The number of nitrogens with zero attached hydrogens (tertiary/aromatic N) is 4. The first kappa shape index (κ1) is 15.2. The highest BCUT2D eigenvalue weighted by Gasteiger charge is 2.17. The van der Waals surface area contributed by atoms with Crippen molar-refractivity contribution in [3.8, 4) is 11.3 Å². The molecule has 118 valence electrons. The van der Waals surface area contributed by atoms with Gasteiger partial charge in [-0.05, 0) is 26.0 Å². The molecule has 5 heteroatoms. The minimum atomic E-state index is -0.0228. The zero-order valence-corrected chi connectivity index (χ0v) is 13.9. The molecule has 0 spiro atoms. The Hall–Kier alpha value is -2.69. The molecule has 2 aromatic heterocycles. The van der Waals surface area contributed by atoms with Crippen molar-refractivity contribution in [2.45, 2.75) is 20.4 Å². The number of hydrogen-bond donors (Lipinski definition) is 0. The maximum absolute atomic E-state index is 12.6. The smallest absolute Gasteiger partial charge is 0.254 e. The first-order chi connectivity index (χ1) is 11.0. The van der Waals surface area contributed by atoms with Crippen LogP contribution in [-0.4, -0.2) is 39.7 Å². The van der Waals surface area contributed by atoms with Crippen molar-refractivity contribution in [2.24, 2.45) is 0 Å². The standard InChI is InChI=1S/C18H20N4O/c1-5-22-11-15(12(2)20-22)17-10-14(18(23)21(3)4)13-8-6-7-9-16(13)19-17/h6-11H,5H2,1-4H3. The van der Waals surface area contributed by atoms with Gasteiger partial charge in [-0.15, -0.1) is 0 Å². The van der Waals surface area contributed by atoms with Crippen LogP contribution in [0.2, 0.25) is 0 Å². The fourth-order valence-corrected chi connectivity index (χ4v) is 2.66. The molecule has 0 saturated carbocycles. The fraction of sp³-hybridized carbons (Fsp3) is 0.278. The molecule has 0 radical (unpaired) electrons. The quantitative estimate of drug-likeness (QED) is 0.747. The van der Waals surface area contributed by atoms with Crippen molar-refractivity contribution in [1.29, 1.82) is 0 Å². The minimum Gasteiger partial charge on any atom is -0.345 e. The molecule has 0 aliphatic carbocycles. The zero-order chi connectivity index (χ0) is 16.6. The lowest BCUT2D eigenvalue weighted by Gasteiger charge is -2.13. The molecule has 1 aromatic carbocycles. The highest BCUT2D eigenvalue weighted by Crippen LogP contribution is 2.27. The molecule has 0 atom stereocenters. The van der Waals surface area contributed by atoms with E-state index in [9.17, 15) is 4.79 Å². The molecule has 0 fully saturated rings. The summed E-state index contributed by atoms with van der Waals surface area (Å²) in [6, 6.07) is 9.60. The van der Waals surface area contributed by atoms with Crippen LogP contribution in [-0.2, 0) is 6.54 Å². The summed E-state index contributed by atoms with van der Waals surface area (Å²) in [5, 5.41) is 5.35. The van der Waals surface area contributed by atoms with Crippen LogP contribution < -0.4 is 0 Å². The van der Waals surface area contributed by atoms with Crippen molar-refractivity contribution in [2.75, 3.05) is 14.1 Å². The number of fused-ring (bicyclic) bond motifs is 1. The topological polar surface area (TPSA) is 51.0 Å². The van der Waals surface area contributed by atoms with E-state index < -0.39 is 0 Å². The maximum atomic E-state index is 12.6. The second-order valence-electron chi connectivity index (χ2n) is 5.76. The van der Waals surface area contributed by atoms with Gasteiger partial charge in [-0.3, -0.25) is 9.48 Å². The minimum absolute atomic E-state index is 0.0228. The van der Waals surface area contributed by atoms with E-state index in [0.29, 0.717) is 5.56 Å². The number of carbonyl (C=O) groups excluding carboxylic acids is 1. The van der Waals surface area contributed by atoms with Gasteiger partial charge in [0.25, 0.3) is 5.91 Å². The second-order valence-corrected chi connectivity index (χ2v) is 5.76. The lowest BCUT2D eigenvalue weighted by atomic mass is 10.0. The SMILES string of the molecule is CCn1cc(-c2cc(C(=O)N(C)C)c3ccccc3n2)c(C)n1. The Kier molecular flexibility index (Phi) is 3.86. The van der Waals surface area contributed by atoms with Crippen LogP contribution in [0, 0.1) is 6.92 Å². The molecule has 2 heterocycles. The summed E-state index contributed by atoms with van der Waals surface area (Å²) in [7, 11) is 3.52. The number of pyridine rings is 1. The lowest BCUT2D eigenvalue weighted by molar-refractivity contribution is 0.0829. The number of carbonyl (C=O) groups is 1. The number of hydrogen-bond acceptors (Lipinski definition) is 3. The Morgan fingerprint density at radius 2 is 2.00 bits per heavy atom. The van der Waals surface area contributed by atoms with Gasteiger partial charge in [0.15, 0.2) is 0 Å². The van der Waals surface area contributed by atoms with Crippen LogP contribution >= 0.6 is 0 Å². The average molecular weight is 308 g/mol. The third-order valence-corrected chi connectivity index (χ3v) is 3.90. The second kappa shape index (κ2) is 5.83. The summed E-state index contributed by atoms with van der Waals surface area (Å²) >= 11 is 0. The summed E-state index contributed by atoms with van der Waals surface area (Å²) < 4.78 is 1.88. The Morgan fingerprint density at radius 3 is 2.65 bits per heavy atom. The zero-order valence-electron chi connectivity index (χ0n) is 13.9. The molecular weight excluding hydrogens is 288 g/mol. The van der Waals surface area contributed by atoms with Crippen molar-refractivity contribution in [3.63, 3.8) is 0 Å². The molecule has 3 rings (SSSR count).